The minimum absolute atomic E-state index is 0.0684. The molecule has 3 nitrogen and oxygen atoms in total. The molecule has 0 saturated heterocycles. The number of benzene rings is 5. The topological polar surface area (TPSA) is 34.9 Å². The van der Waals surface area contributed by atoms with Crippen LogP contribution in [0.15, 0.2) is 126 Å². The average molecular weight is 491 g/mol. The molecule has 3 heteroatoms. The highest BCUT2D eigenvalue weighted by Gasteiger charge is 2.35. The van der Waals surface area contributed by atoms with Gasteiger partial charge in [-0.15, -0.1) is 0 Å². The Hall–Kier alpha value is -4.76. The summed E-state index contributed by atoms with van der Waals surface area (Å²) in [6.07, 6.45) is 0. The van der Waals surface area contributed by atoms with Crippen molar-refractivity contribution in [2.24, 2.45) is 0 Å². The molecule has 0 amide bonds. The van der Waals surface area contributed by atoms with Gasteiger partial charge in [-0.3, -0.25) is 9.36 Å². The summed E-state index contributed by atoms with van der Waals surface area (Å²) in [5, 5.41) is 0.609. The monoisotopic (exact) mass is 490 g/mol. The van der Waals surface area contributed by atoms with Crippen LogP contribution in [0.25, 0.3) is 50.2 Å². The SMILES string of the molecule is CC1(C)c2ccccc2-c2ccc(-c3nc4ccccc4c(=O)n3-c3ccc(-c4ccccc4)cc3)cc21. The molecule has 7 rings (SSSR count). The molecule has 0 N–H and O–H groups in total. The zero-order valence-corrected chi connectivity index (χ0v) is 21.3. The summed E-state index contributed by atoms with van der Waals surface area (Å²) in [6, 6.07) is 41.1. The number of hydrogen-bond acceptors (Lipinski definition) is 2. The van der Waals surface area contributed by atoms with Gasteiger partial charge in [-0.25, -0.2) is 4.98 Å². The maximum atomic E-state index is 13.9. The molecule has 0 unspecified atom stereocenters. The van der Waals surface area contributed by atoms with Crippen molar-refractivity contribution in [2.75, 3.05) is 0 Å². The second-order valence-electron chi connectivity index (χ2n) is 10.4. The van der Waals surface area contributed by atoms with Crippen LogP contribution in [0.1, 0.15) is 25.0 Å². The van der Waals surface area contributed by atoms with E-state index < -0.39 is 0 Å². The highest BCUT2D eigenvalue weighted by Crippen LogP contribution is 2.49. The number of aromatic nitrogens is 2. The fourth-order valence-electron chi connectivity index (χ4n) is 5.84. The molecular weight excluding hydrogens is 464 g/mol. The summed E-state index contributed by atoms with van der Waals surface area (Å²) < 4.78 is 1.76. The third-order valence-corrected chi connectivity index (χ3v) is 7.85. The van der Waals surface area contributed by atoms with Crippen LogP contribution in [0.2, 0.25) is 0 Å². The smallest absolute Gasteiger partial charge is 0.266 e. The first kappa shape index (κ1) is 22.4. The van der Waals surface area contributed by atoms with E-state index in [1.807, 2.05) is 54.6 Å². The van der Waals surface area contributed by atoms with Gasteiger partial charge in [0.15, 0.2) is 0 Å². The molecule has 0 aliphatic heterocycles. The lowest BCUT2D eigenvalue weighted by Crippen LogP contribution is -2.22. The van der Waals surface area contributed by atoms with Crippen molar-refractivity contribution >= 4 is 10.9 Å². The summed E-state index contributed by atoms with van der Waals surface area (Å²) in [7, 11) is 0. The fourth-order valence-corrected chi connectivity index (χ4v) is 5.84. The second-order valence-corrected chi connectivity index (χ2v) is 10.4. The maximum absolute atomic E-state index is 13.9. The predicted molar refractivity (Wildman–Crippen MR) is 156 cm³/mol. The molecule has 0 radical (unpaired) electrons. The molecule has 1 aromatic heterocycles. The van der Waals surface area contributed by atoms with E-state index in [0.717, 1.165) is 22.4 Å². The molecule has 5 aromatic carbocycles. The Morgan fingerprint density at radius 1 is 0.605 bits per heavy atom. The Morgan fingerprint density at radius 3 is 2.05 bits per heavy atom. The Morgan fingerprint density at radius 2 is 1.24 bits per heavy atom. The van der Waals surface area contributed by atoms with Crippen molar-refractivity contribution in [3.63, 3.8) is 0 Å². The molecule has 38 heavy (non-hydrogen) atoms. The van der Waals surface area contributed by atoms with E-state index >= 15 is 0 Å². The van der Waals surface area contributed by atoms with Gasteiger partial charge in [0.05, 0.1) is 16.6 Å². The van der Waals surface area contributed by atoms with Gasteiger partial charge >= 0.3 is 0 Å². The van der Waals surface area contributed by atoms with E-state index in [1.165, 1.54) is 22.3 Å². The average Bonchev–Trinajstić information content (AvgIpc) is 3.20. The van der Waals surface area contributed by atoms with E-state index in [9.17, 15) is 4.79 Å². The van der Waals surface area contributed by atoms with Crippen molar-refractivity contribution in [1.82, 2.24) is 9.55 Å². The van der Waals surface area contributed by atoms with Gasteiger partial charge in [0.1, 0.15) is 5.82 Å². The summed E-state index contributed by atoms with van der Waals surface area (Å²) in [4.78, 5) is 19.0. The van der Waals surface area contributed by atoms with Crippen LogP contribution >= 0.6 is 0 Å². The third-order valence-electron chi connectivity index (χ3n) is 7.85. The van der Waals surface area contributed by atoms with Gasteiger partial charge in [-0.1, -0.05) is 105 Å². The van der Waals surface area contributed by atoms with Crippen LogP contribution in [0.3, 0.4) is 0 Å². The lowest BCUT2D eigenvalue weighted by Gasteiger charge is -2.22. The molecule has 6 aromatic rings. The Balaban J connectivity index is 1.44. The quantitative estimate of drug-likeness (QED) is 0.252. The molecule has 1 aliphatic carbocycles. The van der Waals surface area contributed by atoms with Gasteiger partial charge in [0.2, 0.25) is 0 Å². The van der Waals surface area contributed by atoms with Crippen molar-refractivity contribution in [2.45, 2.75) is 19.3 Å². The zero-order valence-electron chi connectivity index (χ0n) is 21.3. The lowest BCUT2D eigenvalue weighted by molar-refractivity contribution is 0.660. The Kier molecular flexibility index (Phi) is 4.95. The molecule has 0 saturated carbocycles. The van der Waals surface area contributed by atoms with Crippen molar-refractivity contribution in [1.29, 1.82) is 0 Å². The standard InChI is InChI=1S/C35H26N2O/c1-35(2)30-14-8-6-12-27(30)28-21-18-25(22-31(28)35)33-36-32-15-9-7-13-29(32)34(38)37(33)26-19-16-24(17-20-26)23-10-4-3-5-11-23/h3-22H,1-2H3. The van der Waals surface area contributed by atoms with Crippen LogP contribution in [-0.4, -0.2) is 9.55 Å². The van der Waals surface area contributed by atoms with Crippen LogP contribution < -0.4 is 5.56 Å². The number of rotatable bonds is 3. The lowest BCUT2D eigenvalue weighted by atomic mass is 9.82. The first-order valence-corrected chi connectivity index (χ1v) is 12.9. The number of fused-ring (bicyclic) bond motifs is 4. The largest absolute Gasteiger partial charge is 0.268 e. The minimum atomic E-state index is -0.138. The minimum Gasteiger partial charge on any atom is -0.268 e. The van der Waals surface area contributed by atoms with Gasteiger partial charge in [0.25, 0.3) is 5.56 Å². The van der Waals surface area contributed by atoms with Crippen LogP contribution in [0, 0.1) is 0 Å². The van der Waals surface area contributed by atoms with E-state index in [0.29, 0.717) is 16.7 Å². The highest BCUT2D eigenvalue weighted by molar-refractivity contribution is 5.85. The molecule has 0 fully saturated rings. The van der Waals surface area contributed by atoms with E-state index in [4.69, 9.17) is 4.98 Å². The van der Waals surface area contributed by atoms with Gasteiger partial charge in [0, 0.05) is 11.0 Å². The van der Waals surface area contributed by atoms with E-state index in [-0.39, 0.29) is 11.0 Å². The summed E-state index contributed by atoms with van der Waals surface area (Å²) >= 11 is 0. The zero-order chi connectivity index (χ0) is 25.9. The molecule has 0 spiro atoms. The summed E-state index contributed by atoms with van der Waals surface area (Å²) in [5.74, 6) is 0.649. The maximum Gasteiger partial charge on any atom is 0.266 e. The van der Waals surface area contributed by atoms with Crippen LogP contribution in [0.5, 0.6) is 0 Å². The highest BCUT2D eigenvalue weighted by atomic mass is 16.1. The molecule has 182 valence electrons. The molecule has 1 aliphatic rings. The fraction of sp³-hybridized carbons (Fsp3) is 0.0857. The van der Waals surface area contributed by atoms with Gasteiger partial charge < -0.3 is 0 Å². The molecule has 1 heterocycles. The van der Waals surface area contributed by atoms with Crippen molar-refractivity contribution in [3.05, 3.63) is 143 Å². The number of para-hydroxylation sites is 1. The summed E-state index contributed by atoms with van der Waals surface area (Å²) in [6.45, 7) is 4.54. The van der Waals surface area contributed by atoms with E-state index in [2.05, 4.69) is 80.6 Å². The van der Waals surface area contributed by atoms with Crippen LogP contribution in [-0.2, 0) is 5.41 Å². The van der Waals surface area contributed by atoms with Crippen molar-refractivity contribution < 1.29 is 0 Å². The second kappa shape index (κ2) is 8.39. The van der Waals surface area contributed by atoms with Gasteiger partial charge in [-0.05, 0) is 63.7 Å². The Bertz CT molecular complexity index is 1900. The molecule has 0 atom stereocenters. The van der Waals surface area contributed by atoms with Crippen molar-refractivity contribution in [3.8, 4) is 39.3 Å². The number of nitrogens with zero attached hydrogens (tertiary/aromatic N) is 2. The summed E-state index contributed by atoms with van der Waals surface area (Å²) in [5.41, 5.74) is 9.58. The van der Waals surface area contributed by atoms with Crippen LogP contribution in [0.4, 0.5) is 0 Å². The molecule has 0 bridgehead atoms. The molecular formula is C35H26N2O. The first-order valence-electron chi connectivity index (χ1n) is 12.9. The third kappa shape index (κ3) is 3.36. The first-order chi connectivity index (χ1) is 18.5. The number of hydrogen-bond donors (Lipinski definition) is 0. The predicted octanol–water partition coefficient (Wildman–Crippen LogP) is 8.03. The van der Waals surface area contributed by atoms with Gasteiger partial charge in [-0.2, -0.15) is 0 Å². The van der Waals surface area contributed by atoms with E-state index in [1.54, 1.807) is 4.57 Å². The normalized spacial score (nSPS) is 13.3. The Labute approximate surface area is 221 Å².